The molecule has 10 nitrogen and oxygen atoms in total. The van der Waals surface area contributed by atoms with Gasteiger partial charge in [-0.3, -0.25) is 9.59 Å². The highest BCUT2D eigenvalue weighted by molar-refractivity contribution is 7.87. The van der Waals surface area contributed by atoms with Gasteiger partial charge >= 0.3 is 10.2 Å². The average Bonchev–Trinajstić information content (AvgIpc) is 3.48. The summed E-state index contributed by atoms with van der Waals surface area (Å²) in [6.07, 6.45) is 8.72. The third-order valence-corrected chi connectivity index (χ3v) is 13.3. The molecule has 2 aliphatic carbocycles. The lowest BCUT2D eigenvalue weighted by Crippen LogP contribution is -2.51. The van der Waals surface area contributed by atoms with E-state index in [9.17, 15) is 18.0 Å². The molecular formula is C36H45N5O5S. The molecule has 250 valence electrons. The van der Waals surface area contributed by atoms with Crippen molar-refractivity contribution in [1.29, 1.82) is 0 Å². The average molecular weight is 660 g/mol. The molecule has 0 spiro atoms. The topological polar surface area (TPSA) is 113 Å². The zero-order valence-electron chi connectivity index (χ0n) is 27.5. The lowest BCUT2D eigenvalue weighted by molar-refractivity contribution is -0.142. The summed E-state index contributed by atoms with van der Waals surface area (Å²) in [4.78, 5) is 30.5. The Hall–Kier alpha value is -3.41. The normalized spacial score (nSPS) is 27.1. The Bertz CT molecular complexity index is 1880. The number of rotatable bonds is 6. The maximum Gasteiger partial charge on any atom is 0.303 e. The van der Waals surface area contributed by atoms with Crippen LogP contribution in [0, 0.1) is 11.3 Å². The predicted octanol–water partition coefficient (Wildman–Crippen LogP) is 4.60. The lowest BCUT2D eigenvalue weighted by Gasteiger charge is -2.39. The molecule has 3 aromatic rings. The van der Waals surface area contributed by atoms with E-state index in [-0.39, 0.29) is 23.4 Å². The minimum Gasteiger partial charge on any atom is -0.497 e. The zero-order chi connectivity index (χ0) is 32.7. The molecule has 2 amide bonds. The van der Waals surface area contributed by atoms with Gasteiger partial charge in [0.2, 0.25) is 5.91 Å². The molecular weight excluding hydrogens is 614 g/mol. The molecule has 2 saturated carbocycles. The van der Waals surface area contributed by atoms with Gasteiger partial charge in [0.25, 0.3) is 5.91 Å². The van der Waals surface area contributed by atoms with E-state index in [0.717, 1.165) is 84.0 Å². The van der Waals surface area contributed by atoms with Crippen LogP contribution >= 0.6 is 0 Å². The van der Waals surface area contributed by atoms with Crippen molar-refractivity contribution in [2.45, 2.75) is 75.8 Å². The fourth-order valence-corrected chi connectivity index (χ4v) is 9.83. The van der Waals surface area contributed by atoms with Crippen LogP contribution in [0.15, 0.2) is 36.4 Å². The molecule has 0 radical (unpaired) electrons. The highest BCUT2D eigenvalue weighted by Crippen LogP contribution is 2.66. The Morgan fingerprint density at radius 3 is 2.60 bits per heavy atom. The molecule has 1 aromatic heterocycles. The van der Waals surface area contributed by atoms with Crippen LogP contribution in [0.3, 0.4) is 0 Å². The quantitative estimate of drug-likeness (QED) is 0.400. The summed E-state index contributed by atoms with van der Waals surface area (Å²) in [6.45, 7) is 3.13. The summed E-state index contributed by atoms with van der Waals surface area (Å²) in [6, 6.07) is 12.1. The smallest absolute Gasteiger partial charge is 0.303 e. The van der Waals surface area contributed by atoms with Gasteiger partial charge in [0.05, 0.1) is 18.2 Å². The first-order valence-corrected chi connectivity index (χ1v) is 18.7. The number of ether oxygens (including phenoxy) is 1. The summed E-state index contributed by atoms with van der Waals surface area (Å²) in [5, 5.41) is 4.62. The number of fused-ring (bicyclic) bond motifs is 8. The van der Waals surface area contributed by atoms with Gasteiger partial charge in [-0.15, -0.1) is 0 Å². The molecule has 8 rings (SSSR count). The first-order chi connectivity index (χ1) is 22.6. The zero-order valence-corrected chi connectivity index (χ0v) is 28.4. The SMILES string of the molecule is COc1ccc2c(c1)C1CC1(C(=O)N1CCC[C@@H]3CNC[C@@H]31)Cn1c-2c(C2CCCCC2)c2ccc(C(=O)NS(=O)(=O)N(C)C)cc21. The standard InChI is InChI=1S/C36H45N5O5S/c1-39(2)47(44,45)38-34(42)23-11-13-27-30(16-23)41-21-36(35(43)40-15-7-10-24-19-37-20-31(24)40)18-29(36)28-17-25(46-3)12-14-26(28)33(41)32(27)22-8-5-4-6-9-22/h11-14,16-17,22,24,29,31,37H,4-10,15,18-21H2,1-3H3,(H,38,42)/t24-,29?,31+,36?/m1/s1. The van der Waals surface area contributed by atoms with E-state index >= 15 is 0 Å². The largest absolute Gasteiger partial charge is 0.497 e. The number of carbonyl (C=O) groups excluding carboxylic acids is 2. The fraction of sp³-hybridized carbons (Fsp3) is 0.556. The number of nitrogens with zero attached hydrogens (tertiary/aromatic N) is 3. The van der Waals surface area contributed by atoms with Crippen LogP contribution in [-0.4, -0.2) is 80.9 Å². The van der Waals surface area contributed by atoms with Crippen molar-refractivity contribution >= 4 is 32.9 Å². The molecule has 47 heavy (non-hydrogen) atoms. The molecule has 3 aliphatic heterocycles. The number of aromatic nitrogens is 1. The van der Waals surface area contributed by atoms with Crippen molar-refractivity contribution < 1.29 is 22.7 Å². The number of benzene rings is 2. The Labute approximate surface area is 277 Å². The third kappa shape index (κ3) is 4.91. The summed E-state index contributed by atoms with van der Waals surface area (Å²) in [7, 11) is 0.513. The number of amides is 2. The minimum atomic E-state index is -3.96. The lowest BCUT2D eigenvalue weighted by atomic mass is 9.81. The van der Waals surface area contributed by atoms with Crippen LogP contribution in [-0.2, 0) is 21.5 Å². The Kier molecular flexibility index (Phi) is 7.46. The summed E-state index contributed by atoms with van der Waals surface area (Å²) >= 11 is 0. The molecule has 0 bridgehead atoms. The predicted molar refractivity (Wildman–Crippen MR) is 181 cm³/mol. The van der Waals surface area contributed by atoms with E-state index in [4.69, 9.17) is 4.74 Å². The summed E-state index contributed by atoms with van der Waals surface area (Å²) in [5.74, 6) is 1.30. The van der Waals surface area contributed by atoms with Gasteiger partial charge in [-0.1, -0.05) is 25.3 Å². The van der Waals surface area contributed by atoms with Crippen molar-refractivity contribution in [2.24, 2.45) is 11.3 Å². The Morgan fingerprint density at radius 1 is 1.02 bits per heavy atom. The molecule has 2 N–H and O–H groups in total. The second-order valence-corrected chi connectivity index (χ2v) is 16.5. The van der Waals surface area contributed by atoms with Gasteiger partial charge < -0.3 is 19.5 Å². The van der Waals surface area contributed by atoms with E-state index in [1.807, 2.05) is 18.2 Å². The van der Waals surface area contributed by atoms with Crippen LogP contribution in [0.2, 0.25) is 0 Å². The van der Waals surface area contributed by atoms with Crippen LogP contribution in [0.25, 0.3) is 22.2 Å². The van der Waals surface area contributed by atoms with Gasteiger partial charge in [0.1, 0.15) is 5.75 Å². The number of carbonyl (C=O) groups is 2. The van der Waals surface area contributed by atoms with E-state index in [2.05, 4.69) is 31.6 Å². The molecule has 4 atom stereocenters. The molecule has 5 aliphatic rings. The molecule has 4 heterocycles. The van der Waals surface area contributed by atoms with E-state index in [1.54, 1.807) is 13.2 Å². The van der Waals surface area contributed by atoms with E-state index < -0.39 is 21.5 Å². The monoisotopic (exact) mass is 659 g/mol. The number of hydrogen-bond acceptors (Lipinski definition) is 6. The van der Waals surface area contributed by atoms with Crippen LogP contribution < -0.4 is 14.8 Å². The second kappa shape index (κ2) is 11.3. The van der Waals surface area contributed by atoms with E-state index in [1.165, 1.54) is 44.5 Å². The van der Waals surface area contributed by atoms with Crippen molar-refractivity contribution in [3.05, 3.63) is 53.1 Å². The Morgan fingerprint density at radius 2 is 1.83 bits per heavy atom. The highest BCUT2D eigenvalue weighted by atomic mass is 32.2. The minimum absolute atomic E-state index is 0.0701. The molecule has 2 aromatic carbocycles. The van der Waals surface area contributed by atoms with Crippen LogP contribution in [0.1, 0.15) is 84.7 Å². The van der Waals surface area contributed by atoms with Crippen molar-refractivity contribution in [3.8, 4) is 17.0 Å². The summed E-state index contributed by atoms with van der Waals surface area (Å²) in [5.41, 5.74) is 5.31. The number of piperidine rings is 1. The fourth-order valence-electron chi connectivity index (χ4n) is 9.30. The number of nitrogens with one attached hydrogen (secondary N) is 2. The maximum absolute atomic E-state index is 14.9. The van der Waals surface area contributed by atoms with Crippen LogP contribution in [0.5, 0.6) is 5.75 Å². The van der Waals surface area contributed by atoms with Gasteiger partial charge in [-0.25, -0.2) is 4.72 Å². The molecule has 2 unspecified atom stereocenters. The highest BCUT2D eigenvalue weighted by Gasteiger charge is 2.64. The van der Waals surface area contributed by atoms with Gasteiger partial charge in [-0.2, -0.15) is 12.7 Å². The molecule has 4 fully saturated rings. The number of likely N-dealkylation sites (tertiary alicyclic amines) is 1. The van der Waals surface area contributed by atoms with Crippen molar-refractivity contribution in [2.75, 3.05) is 40.8 Å². The summed E-state index contributed by atoms with van der Waals surface area (Å²) < 4.78 is 36.4. The van der Waals surface area contributed by atoms with Gasteiger partial charge in [0.15, 0.2) is 0 Å². The number of hydrogen-bond donors (Lipinski definition) is 2. The van der Waals surface area contributed by atoms with Gasteiger partial charge in [0, 0.05) is 74.3 Å². The van der Waals surface area contributed by atoms with Crippen molar-refractivity contribution in [3.63, 3.8) is 0 Å². The van der Waals surface area contributed by atoms with Gasteiger partial charge in [-0.05, 0) is 85.4 Å². The molecule has 2 saturated heterocycles. The Balaban J connectivity index is 1.32. The van der Waals surface area contributed by atoms with Crippen molar-refractivity contribution in [1.82, 2.24) is 23.8 Å². The third-order valence-electron chi connectivity index (χ3n) is 11.9. The molecule has 11 heteroatoms. The maximum atomic E-state index is 14.9. The first kappa shape index (κ1) is 30.9. The first-order valence-electron chi connectivity index (χ1n) is 17.2. The number of methoxy groups -OCH3 is 1. The second-order valence-electron chi connectivity index (χ2n) is 14.6. The van der Waals surface area contributed by atoms with Crippen LogP contribution in [0.4, 0.5) is 0 Å². The van der Waals surface area contributed by atoms with E-state index in [0.29, 0.717) is 18.4 Å².